The zero-order valence-electron chi connectivity index (χ0n) is 71.6. The molecule has 0 aliphatic rings. The zero-order chi connectivity index (χ0) is 78.7. The van der Waals surface area contributed by atoms with E-state index in [-0.39, 0.29) is 24.4 Å². The Bertz CT molecular complexity index is 3430. The molecule has 0 unspecified atom stereocenters. The third-order valence-electron chi connectivity index (χ3n) is 20.9. The van der Waals surface area contributed by atoms with E-state index in [1.807, 2.05) is 24.8 Å². The minimum Gasteiger partial charge on any atom is -0.491 e. The van der Waals surface area contributed by atoms with Crippen molar-refractivity contribution >= 4 is 0 Å². The molecule has 0 saturated heterocycles. The van der Waals surface area contributed by atoms with Crippen molar-refractivity contribution in [1.29, 1.82) is 0 Å². The minimum absolute atomic E-state index is 0.278. The van der Waals surface area contributed by atoms with Gasteiger partial charge in [-0.1, -0.05) is 295 Å². The number of benzene rings is 4. The molecule has 0 saturated carbocycles. The number of unbranched alkanes of at least 4 members (excludes halogenated alkanes) is 26. The van der Waals surface area contributed by atoms with Gasteiger partial charge < -0.3 is 18.9 Å². The van der Waals surface area contributed by atoms with Crippen LogP contribution in [0.2, 0.25) is 0 Å². The van der Waals surface area contributed by atoms with E-state index < -0.39 is 0 Å². The van der Waals surface area contributed by atoms with Gasteiger partial charge in [0.05, 0.1) is 24.4 Å². The van der Waals surface area contributed by atoms with Crippen LogP contribution < -0.4 is 18.9 Å². The maximum Gasteiger partial charge on any atom is 0.119 e. The summed E-state index contributed by atoms with van der Waals surface area (Å²) in [4.78, 5) is 18.6. The highest BCUT2D eigenvalue weighted by Gasteiger charge is 2.12. The molecular weight excluding hydrogens is 1350 g/mol. The van der Waals surface area contributed by atoms with Crippen LogP contribution in [-0.4, -0.2) is 44.4 Å². The van der Waals surface area contributed by atoms with Crippen molar-refractivity contribution in [3.05, 3.63) is 193 Å². The third-order valence-corrected chi connectivity index (χ3v) is 20.9. The number of aryl methyl sites for hydroxylation is 4. The summed E-state index contributed by atoms with van der Waals surface area (Å²) in [6.45, 7) is 26.7. The first-order valence-electron chi connectivity index (χ1n) is 44.8. The number of hydrogen-bond donors (Lipinski definition) is 0. The van der Waals surface area contributed by atoms with E-state index in [0.717, 1.165) is 74.4 Å². The number of aromatic nitrogens is 4. The molecule has 0 aliphatic carbocycles. The SMILES string of the molecule is CCCCCCCCc1ccc(-c2ccc(O[C@H](C)CCCCCC)cc2)cn1.CCCCCCCc1ccc(-c2ccc(O[C@H](C)CCCCCC)cc2)cn1.CCCCCC[C@@H](C)Oc1ccc(-c2ccc(CCCCC)nc2)cc1.CCCCCCc1ccc(-c2ccc(O[C@H](C)CCCCCC)cc2)cn1. The van der Waals surface area contributed by atoms with E-state index >= 15 is 0 Å². The van der Waals surface area contributed by atoms with Crippen LogP contribution in [0.1, 0.15) is 350 Å². The molecule has 8 heteroatoms. The standard InChI is InChI=1S/C27H41NO.C26H39NO.C25H37NO.C24H35NO/c1-4-6-8-10-11-13-15-26-19-16-25(22-28-26)24-17-20-27(21-18-24)29-23(3)14-12-9-7-5-2;1-4-6-8-10-12-14-25-18-15-24(21-27-25)23-16-19-26(20-17-23)28-22(3)13-11-9-7-5-2;1-4-6-8-10-12-21(3)27-25-18-15-22(16-19-25)23-14-17-24(26-20-23)13-11-9-7-5-2;1-4-6-8-10-11-20(3)26-24-17-14-21(15-18-24)22-13-16-23(25-19-22)12-9-7-5-2/h16-23H,4-15H2,1-3H3;15-22H,4-14H2,1-3H3;14-21H,4-13H2,1-3H3;13-20H,4-12H2,1-3H3/t23-;22-;21-;20-/m1111/s1. The van der Waals surface area contributed by atoms with Crippen LogP contribution in [0.3, 0.4) is 0 Å². The Kier molecular flexibility index (Phi) is 51.2. The Morgan fingerprint density at radius 3 is 0.555 bits per heavy atom. The monoisotopic (exact) mass is 1500 g/mol. The summed E-state index contributed by atoms with van der Waals surface area (Å²) in [5.41, 5.74) is 14.3. The van der Waals surface area contributed by atoms with E-state index in [4.69, 9.17) is 18.9 Å². The second kappa shape index (κ2) is 60.4. The molecule has 4 aromatic carbocycles. The molecule has 110 heavy (non-hydrogen) atoms. The predicted octanol–water partition coefficient (Wildman–Crippen LogP) is 31.2. The first-order chi connectivity index (χ1) is 53.9. The molecule has 0 amide bonds. The number of hydrogen-bond acceptors (Lipinski definition) is 8. The highest BCUT2D eigenvalue weighted by molar-refractivity contribution is 5.66. The van der Waals surface area contributed by atoms with Crippen LogP contribution in [0.4, 0.5) is 0 Å². The number of ether oxygens (including phenoxy) is 4. The smallest absolute Gasteiger partial charge is 0.119 e. The lowest BCUT2D eigenvalue weighted by Crippen LogP contribution is -2.11. The molecule has 0 fully saturated rings. The van der Waals surface area contributed by atoms with E-state index in [0.29, 0.717) is 0 Å². The Balaban J connectivity index is 0.000000263. The molecular formula is C102H152N4O4. The topological polar surface area (TPSA) is 88.5 Å². The Labute approximate surface area is 672 Å². The van der Waals surface area contributed by atoms with Crippen molar-refractivity contribution in [2.75, 3.05) is 0 Å². The van der Waals surface area contributed by atoms with Crippen molar-refractivity contribution in [3.8, 4) is 67.5 Å². The summed E-state index contributed by atoms with van der Waals surface area (Å²) >= 11 is 0. The fraction of sp³-hybridized carbons (Fsp3) is 0.569. The molecule has 4 heterocycles. The van der Waals surface area contributed by atoms with Crippen LogP contribution >= 0.6 is 0 Å². The van der Waals surface area contributed by atoms with Gasteiger partial charge in [0.2, 0.25) is 0 Å². The molecule has 8 aromatic rings. The summed E-state index contributed by atoms with van der Waals surface area (Å²) in [5, 5.41) is 0. The average molecular weight is 1500 g/mol. The Hall–Kier alpha value is -7.32. The van der Waals surface area contributed by atoms with Crippen LogP contribution in [0.25, 0.3) is 44.5 Å². The van der Waals surface area contributed by atoms with Crippen LogP contribution in [0, 0.1) is 0 Å². The average Bonchev–Trinajstić information content (AvgIpc) is 0.871. The summed E-state index contributed by atoms with van der Waals surface area (Å²) in [5.74, 6) is 3.84. The Morgan fingerprint density at radius 1 is 0.191 bits per heavy atom. The summed E-state index contributed by atoms with van der Waals surface area (Å²) in [6.07, 6.45) is 62.2. The molecule has 8 nitrogen and oxygen atoms in total. The molecule has 604 valence electrons. The highest BCUT2D eigenvalue weighted by Crippen LogP contribution is 2.29. The van der Waals surface area contributed by atoms with E-state index in [2.05, 4.69) is 249 Å². The van der Waals surface area contributed by atoms with Crippen LogP contribution in [-0.2, 0) is 25.7 Å². The van der Waals surface area contributed by atoms with Crippen LogP contribution in [0.5, 0.6) is 23.0 Å². The lowest BCUT2D eigenvalue weighted by atomic mass is 10.1. The van der Waals surface area contributed by atoms with Crippen LogP contribution in [0.15, 0.2) is 170 Å². The van der Waals surface area contributed by atoms with E-state index in [9.17, 15) is 0 Å². The van der Waals surface area contributed by atoms with E-state index in [1.165, 1.54) is 286 Å². The first-order valence-corrected chi connectivity index (χ1v) is 44.8. The third kappa shape index (κ3) is 41.8. The van der Waals surface area contributed by atoms with Gasteiger partial charge in [-0.15, -0.1) is 0 Å². The first kappa shape index (κ1) is 93.3. The predicted molar refractivity (Wildman–Crippen MR) is 475 cm³/mol. The van der Waals surface area contributed by atoms with Gasteiger partial charge >= 0.3 is 0 Å². The van der Waals surface area contributed by atoms with Crippen molar-refractivity contribution in [2.45, 2.75) is 377 Å². The largest absolute Gasteiger partial charge is 0.491 e. The fourth-order valence-electron chi connectivity index (χ4n) is 13.8. The number of pyridine rings is 4. The molecule has 8 rings (SSSR count). The highest BCUT2D eigenvalue weighted by atomic mass is 16.5. The number of nitrogens with zero attached hydrogens (tertiary/aromatic N) is 4. The second-order valence-corrected chi connectivity index (χ2v) is 31.3. The molecule has 4 aromatic heterocycles. The summed E-state index contributed by atoms with van der Waals surface area (Å²) in [7, 11) is 0. The zero-order valence-corrected chi connectivity index (χ0v) is 71.6. The van der Waals surface area contributed by atoms with Gasteiger partial charge in [-0.3, -0.25) is 19.9 Å². The van der Waals surface area contributed by atoms with Gasteiger partial charge in [0.15, 0.2) is 0 Å². The van der Waals surface area contributed by atoms with Gasteiger partial charge in [-0.2, -0.15) is 0 Å². The molecule has 0 radical (unpaired) electrons. The molecule has 0 N–H and O–H groups in total. The lowest BCUT2D eigenvalue weighted by Gasteiger charge is -2.15. The van der Waals surface area contributed by atoms with Crippen molar-refractivity contribution in [3.63, 3.8) is 0 Å². The van der Waals surface area contributed by atoms with Crippen molar-refractivity contribution < 1.29 is 18.9 Å². The van der Waals surface area contributed by atoms with Gasteiger partial charge in [-0.25, -0.2) is 0 Å². The van der Waals surface area contributed by atoms with Gasteiger partial charge in [0.25, 0.3) is 0 Å². The van der Waals surface area contributed by atoms with Gasteiger partial charge in [0, 0.05) is 69.8 Å². The summed E-state index contributed by atoms with van der Waals surface area (Å²) < 4.78 is 24.2. The molecule has 0 aliphatic heterocycles. The maximum absolute atomic E-state index is 6.07. The lowest BCUT2D eigenvalue weighted by molar-refractivity contribution is 0.206. The van der Waals surface area contributed by atoms with Crippen molar-refractivity contribution in [1.82, 2.24) is 19.9 Å². The normalized spacial score (nSPS) is 12.1. The molecule has 0 spiro atoms. The molecule has 4 atom stereocenters. The van der Waals surface area contributed by atoms with Gasteiger partial charge in [-0.05, 0) is 225 Å². The van der Waals surface area contributed by atoms with Gasteiger partial charge in [0.1, 0.15) is 23.0 Å². The maximum atomic E-state index is 6.07. The second-order valence-electron chi connectivity index (χ2n) is 31.3. The molecule has 0 bridgehead atoms. The Morgan fingerprint density at radius 2 is 0.355 bits per heavy atom. The fourth-order valence-corrected chi connectivity index (χ4v) is 13.8. The number of rotatable bonds is 54. The minimum atomic E-state index is 0.278. The van der Waals surface area contributed by atoms with Crippen molar-refractivity contribution in [2.24, 2.45) is 0 Å². The van der Waals surface area contributed by atoms with E-state index in [1.54, 1.807) is 0 Å². The summed E-state index contributed by atoms with van der Waals surface area (Å²) in [6, 6.07) is 51.2. The quantitative estimate of drug-likeness (QED) is 0.0349.